The second-order valence-corrected chi connectivity index (χ2v) is 5.15. The molecule has 1 saturated carbocycles. The third-order valence-corrected chi connectivity index (χ3v) is 3.13. The van der Waals surface area contributed by atoms with E-state index in [1.54, 1.807) is 6.92 Å². The standard InChI is InChI=1S/C13H25NO4/c1-4-17-9-10(2)18-8-7-13(3,12(15)16)14-11-5-6-11/h10-11,14H,4-9H2,1-3H3,(H,15,16). The molecule has 0 spiro atoms. The maximum absolute atomic E-state index is 11.3. The molecule has 1 rings (SSSR count). The van der Waals surface area contributed by atoms with Gasteiger partial charge in [0.15, 0.2) is 0 Å². The molecule has 0 heterocycles. The number of ether oxygens (including phenoxy) is 2. The van der Waals surface area contributed by atoms with Gasteiger partial charge in [-0.05, 0) is 40.0 Å². The number of hydrogen-bond acceptors (Lipinski definition) is 4. The third-order valence-electron chi connectivity index (χ3n) is 3.13. The Morgan fingerprint density at radius 1 is 1.56 bits per heavy atom. The highest BCUT2D eigenvalue weighted by molar-refractivity contribution is 5.78. The molecule has 0 aromatic rings. The van der Waals surface area contributed by atoms with E-state index in [1.807, 2.05) is 13.8 Å². The zero-order chi connectivity index (χ0) is 13.6. The minimum atomic E-state index is -0.882. The Morgan fingerprint density at radius 3 is 2.72 bits per heavy atom. The molecule has 1 fully saturated rings. The molecular formula is C13H25NO4. The van der Waals surface area contributed by atoms with Crippen molar-refractivity contribution in [2.75, 3.05) is 19.8 Å². The summed E-state index contributed by atoms with van der Waals surface area (Å²) in [6.45, 7) is 7.25. The molecule has 5 nitrogen and oxygen atoms in total. The topological polar surface area (TPSA) is 67.8 Å². The Bertz CT molecular complexity index is 268. The predicted octanol–water partition coefficient (Wildman–Crippen LogP) is 1.41. The van der Waals surface area contributed by atoms with Gasteiger partial charge in [-0.25, -0.2) is 0 Å². The minimum absolute atomic E-state index is 0.00363. The van der Waals surface area contributed by atoms with Crippen molar-refractivity contribution in [2.24, 2.45) is 0 Å². The van der Waals surface area contributed by atoms with Crippen LogP contribution in [-0.4, -0.2) is 48.6 Å². The summed E-state index contributed by atoms with van der Waals surface area (Å²) in [6.07, 6.45) is 2.62. The number of nitrogens with one attached hydrogen (secondary N) is 1. The first-order valence-corrected chi connectivity index (χ1v) is 6.68. The number of hydrogen-bond donors (Lipinski definition) is 2. The normalized spacial score (nSPS) is 20.4. The van der Waals surface area contributed by atoms with Crippen LogP contribution in [0.3, 0.4) is 0 Å². The zero-order valence-electron chi connectivity index (χ0n) is 11.6. The fourth-order valence-electron chi connectivity index (χ4n) is 1.72. The molecule has 0 saturated heterocycles. The molecule has 1 aliphatic rings. The summed E-state index contributed by atoms with van der Waals surface area (Å²) >= 11 is 0. The van der Waals surface area contributed by atoms with E-state index in [0.29, 0.717) is 32.3 Å². The Hall–Kier alpha value is -0.650. The Morgan fingerprint density at radius 2 is 2.22 bits per heavy atom. The monoisotopic (exact) mass is 259 g/mol. The summed E-state index contributed by atoms with van der Waals surface area (Å²) < 4.78 is 10.8. The van der Waals surface area contributed by atoms with Crippen LogP contribution in [0.25, 0.3) is 0 Å². The maximum atomic E-state index is 11.3. The lowest BCUT2D eigenvalue weighted by Crippen LogP contribution is -2.51. The maximum Gasteiger partial charge on any atom is 0.323 e. The van der Waals surface area contributed by atoms with Crippen LogP contribution >= 0.6 is 0 Å². The van der Waals surface area contributed by atoms with Crippen LogP contribution in [0.4, 0.5) is 0 Å². The van der Waals surface area contributed by atoms with Gasteiger partial charge in [0.1, 0.15) is 5.54 Å². The lowest BCUT2D eigenvalue weighted by atomic mass is 9.98. The van der Waals surface area contributed by atoms with Crippen LogP contribution in [0.5, 0.6) is 0 Å². The number of aliphatic carboxylic acids is 1. The van der Waals surface area contributed by atoms with Crippen molar-refractivity contribution in [1.29, 1.82) is 0 Å². The molecule has 0 radical (unpaired) electrons. The highest BCUT2D eigenvalue weighted by Gasteiger charge is 2.38. The molecule has 1 aliphatic carbocycles. The average Bonchev–Trinajstić information content (AvgIpc) is 3.09. The summed E-state index contributed by atoms with van der Waals surface area (Å²) in [5.41, 5.74) is -0.882. The SMILES string of the molecule is CCOCC(C)OCCC(C)(NC1CC1)C(=O)O. The van der Waals surface area contributed by atoms with E-state index in [4.69, 9.17) is 9.47 Å². The van der Waals surface area contributed by atoms with Crippen molar-refractivity contribution in [1.82, 2.24) is 5.32 Å². The smallest absolute Gasteiger partial charge is 0.323 e. The molecule has 18 heavy (non-hydrogen) atoms. The number of carboxylic acid groups (broad SMARTS) is 1. The van der Waals surface area contributed by atoms with E-state index in [2.05, 4.69) is 5.32 Å². The van der Waals surface area contributed by atoms with E-state index < -0.39 is 11.5 Å². The van der Waals surface area contributed by atoms with Gasteiger partial charge in [0.25, 0.3) is 0 Å². The van der Waals surface area contributed by atoms with Gasteiger partial charge < -0.3 is 14.6 Å². The second kappa shape index (κ2) is 7.07. The van der Waals surface area contributed by atoms with Gasteiger partial charge in [-0.15, -0.1) is 0 Å². The molecule has 0 aromatic carbocycles. The second-order valence-electron chi connectivity index (χ2n) is 5.15. The highest BCUT2D eigenvalue weighted by Crippen LogP contribution is 2.24. The van der Waals surface area contributed by atoms with E-state index in [0.717, 1.165) is 12.8 Å². The van der Waals surface area contributed by atoms with Gasteiger partial charge in [-0.1, -0.05) is 0 Å². The molecule has 0 amide bonds. The zero-order valence-corrected chi connectivity index (χ0v) is 11.6. The van der Waals surface area contributed by atoms with Crippen LogP contribution in [0.15, 0.2) is 0 Å². The number of carboxylic acids is 1. The van der Waals surface area contributed by atoms with Crippen molar-refractivity contribution < 1.29 is 19.4 Å². The molecule has 106 valence electrons. The van der Waals surface area contributed by atoms with Crippen LogP contribution in [0, 0.1) is 0 Å². The third kappa shape index (κ3) is 5.33. The summed E-state index contributed by atoms with van der Waals surface area (Å²) in [5, 5.41) is 12.4. The summed E-state index contributed by atoms with van der Waals surface area (Å²) in [7, 11) is 0. The van der Waals surface area contributed by atoms with Crippen LogP contribution in [0.2, 0.25) is 0 Å². The molecule has 0 aromatic heterocycles. The molecule has 2 N–H and O–H groups in total. The summed E-state index contributed by atoms with van der Waals surface area (Å²) in [6, 6.07) is 0.368. The predicted molar refractivity (Wildman–Crippen MR) is 68.7 cm³/mol. The summed E-state index contributed by atoms with van der Waals surface area (Å²) in [4.78, 5) is 11.3. The highest BCUT2D eigenvalue weighted by atomic mass is 16.5. The van der Waals surface area contributed by atoms with Crippen LogP contribution in [-0.2, 0) is 14.3 Å². The Kier molecular flexibility index (Phi) is 6.05. The molecule has 2 atom stereocenters. The van der Waals surface area contributed by atoms with Gasteiger partial charge in [0, 0.05) is 19.3 Å². The minimum Gasteiger partial charge on any atom is -0.480 e. The fraction of sp³-hybridized carbons (Fsp3) is 0.923. The van der Waals surface area contributed by atoms with Gasteiger partial charge in [0.05, 0.1) is 12.7 Å². The summed E-state index contributed by atoms with van der Waals surface area (Å²) in [5.74, 6) is -0.810. The Balaban J connectivity index is 2.26. The first-order chi connectivity index (χ1) is 8.48. The van der Waals surface area contributed by atoms with Crippen molar-refractivity contribution in [3.63, 3.8) is 0 Å². The average molecular weight is 259 g/mol. The molecule has 2 unspecified atom stereocenters. The van der Waals surface area contributed by atoms with Gasteiger partial charge in [-0.2, -0.15) is 0 Å². The van der Waals surface area contributed by atoms with Crippen molar-refractivity contribution in [3.05, 3.63) is 0 Å². The van der Waals surface area contributed by atoms with Crippen molar-refractivity contribution in [2.45, 2.75) is 57.7 Å². The first-order valence-electron chi connectivity index (χ1n) is 6.68. The molecular weight excluding hydrogens is 234 g/mol. The number of carbonyl (C=O) groups is 1. The van der Waals surface area contributed by atoms with E-state index in [-0.39, 0.29) is 6.10 Å². The first kappa shape index (κ1) is 15.4. The van der Waals surface area contributed by atoms with Crippen molar-refractivity contribution in [3.8, 4) is 0 Å². The van der Waals surface area contributed by atoms with Crippen LogP contribution in [0.1, 0.15) is 40.0 Å². The van der Waals surface area contributed by atoms with Crippen LogP contribution < -0.4 is 5.32 Å². The fourth-order valence-corrected chi connectivity index (χ4v) is 1.72. The molecule has 0 bridgehead atoms. The van der Waals surface area contributed by atoms with E-state index in [9.17, 15) is 9.90 Å². The van der Waals surface area contributed by atoms with E-state index >= 15 is 0 Å². The number of rotatable bonds is 10. The quantitative estimate of drug-likeness (QED) is 0.621. The van der Waals surface area contributed by atoms with Crippen molar-refractivity contribution >= 4 is 5.97 Å². The molecule has 0 aliphatic heterocycles. The lowest BCUT2D eigenvalue weighted by Gasteiger charge is -2.27. The van der Waals surface area contributed by atoms with Gasteiger partial charge in [0.2, 0.25) is 0 Å². The van der Waals surface area contributed by atoms with Gasteiger partial charge >= 0.3 is 5.97 Å². The largest absolute Gasteiger partial charge is 0.480 e. The Labute approximate surface area is 109 Å². The lowest BCUT2D eigenvalue weighted by molar-refractivity contribution is -0.145. The van der Waals surface area contributed by atoms with Gasteiger partial charge in [-0.3, -0.25) is 10.1 Å². The van der Waals surface area contributed by atoms with E-state index in [1.165, 1.54) is 0 Å². The molecule has 5 heteroatoms.